The van der Waals surface area contributed by atoms with Crippen molar-refractivity contribution < 1.29 is 28.5 Å². The summed E-state index contributed by atoms with van der Waals surface area (Å²) in [6, 6.07) is 16.1. The van der Waals surface area contributed by atoms with Crippen molar-refractivity contribution in [3.8, 4) is 23.0 Å². The van der Waals surface area contributed by atoms with Gasteiger partial charge in [0.1, 0.15) is 6.61 Å². The second-order valence-electron chi connectivity index (χ2n) is 10.3. The Bertz CT molecular complexity index is 1960. The van der Waals surface area contributed by atoms with Crippen molar-refractivity contribution in [2.45, 2.75) is 40.3 Å². The fourth-order valence-corrected chi connectivity index (χ4v) is 6.41. The SMILES string of the molecule is CCOc1ccc([C@@H]2C(C(=O)OC)=CN=c3s/c(=C\c4cc(Cl)c(OCc5cccc(C)c5)c(OCC)c4)c(=O)n32)cc1OCC. The fraction of sp³-hybridized carbons (Fsp3) is 0.286. The van der Waals surface area contributed by atoms with Crippen LogP contribution in [0, 0.1) is 6.92 Å². The molecule has 9 nitrogen and oxygen atoms in total. The summed E-state index contributed by atoms with van der Waals surface area (Å²) in [4.78, 5) is 31.8. The van der Waals surface area contributed by atoms with Crippen LogP contribution in [0.2, 0.25) is 5.02 Å². The number of halogens is 1. The number of benzene rings is 3. The van der Waals surface area contributed by atoms with Crippen LogP contribution < -0.4 is 33.8 Å². The molecule has 0 spiro atoms. The van der Waals surface area contributed by atoms with Crippen LogP contribution in [0.3, 0.4) is 0 Å². The molecule has 3 aromatic carbocycles. The molecule has 0 fully saturated rings. The van der Waals surface area contributed by atoms with Crippen molar-refractivity contribution in [2.24, 2.45) is 4.99 Å². The molecule has 1 aliphatic heterocycles. The molecule has 0 unspecified atom stereocenters. The number of ether oxygens (including phenoxy) is 5. The van der Waals surface area contributed by atoms with Crippen molar-refractivity contribution in [2.75, 3.05) is 26.9 Å². The number of thiazole rings is 1. The number of hydrogen-bond acceptors (Lipinski definition) is 9. The van der Waals surface area contributed by atoms with Gasteiger partial charge in [-0.05, 0) is 74.7 Å². The summed E-state index contributed by atoms with van der Waals surface area (Å²) in [5.41, 5.74) is 3.31. The molecule has 0 aliphatic carbocycles. The van der Waals surface area contributed by atoms with Gasteiger partial charge in [-0.3, -0.25) is 9.36 Å². The van der Waals surface area contributed by atoms with Crippen LogP contribution in [0.25, 0.3) is 6.08 Å². The molecule has 1 aliphatic rings. The number of nitrogens with zero attached hydrogens (tertiary/aromatic N) is 2. The van der Waals surface area contributed by atoms with Crippen molar-refractivity contribution in [1.29, 1.82) is 0 Å². The summed E-state index contributed by atoms with van der Waals surface area (Å²) in [6.07, 6.45) is 3.18. The Hall–Kier alpha value is -4.54. The molecular formula is C35H35ClN2O7S. The number of hydrogen-bond donors (Lipinski definition) is 0. The van der Waals surface area contributed by atoms with Gasteiger partial charge in [-0.25, -0.2) is 9.79 Å². The lowest BCUT2D eigenvalue weighted by Crippen LogP contribution is -2.39. The maximum absolute atomic E-state index is 14.0. The first kappa shape index (κ1) is 32.8. The van der Waals surface area contributed by atoms with Gasteiger partial charge in [0.25, 0.3) is 5.56 Å². The molecule has 0 N–H and O–H groups in total. The summed E-state index contributed by atoms with van der Waals surface area (Å²) in [6.45, 7) is 9.23. The third kappa shape index (κ3) is 6.98. The molecular weight excluding hydrogens is 628 g/mol. The van der Waals surface area contributed by atoms with Gasteiger partial charge in [0.2, 0.25) is 0 Å². The lowest BCUT2D eigenvalue weighted by molar-refractivity contribution is -0.136. The number of carbonyl (C=O) groups excluding carboxylic acids is 1. The molecule has 5 rings (SSSR count). The molecule has 0 bridgehead atoms. The van der Waals surface area contributed by atoms with Gasteiger partial charge < -0.3 is 23.7 Å². The zero-order valence-electron chi connectivity index (χ0n) is 26.3. The first-order chi connectivity index (χ1) is 22.3. The first-order valence-electron chi connectivity index (χ1n) is 14.9. The predicted octanol–water partition coefficient (Wildman–Crippen LogP) is 5.76. The van der Waals surface area contributed by atoms with E-state index in [0.29, 0.717) is 74.9 Å². The average Bonchev–Trinajstić information content (AvgIpc) is 3.35. The lowest BCUT2D eigenvalue weighted by Gasteiger charge is -2.23. The Morgan fingerprint density at radius 1 is 0.957 bits per heavy atom. The van der Waals surface area contributed by atoms with Crippen LogP contribution in [-0.2, 0) is 16.1 Å². The highest BCUT2D eigenvalue weighted by Gasteiger charge is 2.31. The Kier molecular flexibility index (Phi) is 10.5. The third-order valence-electron chi connectivity index (χ3n) is 7.10. The lowest BCUT2D eigenvalue weighted by atomic mass is 9.97. The van der Waals surface area contributed by atoms with Crippen molar-refractivity contribution in [1.82, 2.24) is 4.57 Å². The smallest absolute Gasteiger partial charge is 0.337 e. The highest BCUT2D eigenvalue weighted by molar-refractivity contribution is 7.07. The third-order valence-corrected chi connectivity index (χ3v) is 8.38. The number of fused-ring (bicyclic) bond motifs is 1. The normalized spacial score (nSPS) is 14.2. The molecule has 4 aromatic rings. The minimum absolute atomic E-state index is 0.213. The molecule has 46 heavy (non-hydrogen) atoms. The second kappa shape index (κ2) is 14.7. The number of carbonyl (C=O) groups is 1. The molecule has 2 heterocycles. The predicted molar refractivity (Wildman–Crippen MR) is 178 cm³/mol. The number of aromatic nitrogens is 1. The van der Waals surface area contributed by atoms with E-state index in [4.69, 9.17) is 35.3 Å². The van der Waals surface area contributed by atoms with Crippen molar-refractivity contribution in [3.63, 3.8) is 0 Å². The zero-order valence-corrected chi connectivity index (χ0v) is 27.9. The summed E-state index contributed by atoms with van der Waals surface area (Å²) < 4.78 is 30.5. The average molecular weight is 663 g/mol. The van der Waals surface area contributed by atoms with Crippen LogP contribution in [0.5, 0.6) is 23.0 Å². The minimum atomic E-state index is -0.805. The number of esters is 1. The molecule has 240 valence electrons. The van der Waals surface area contributed by atoms with Crippen LogP contribution in [-0.4, -0.2) is 37.5 Å². The molecule has 1 aromatic heterocycles. The Morgan fingerprint density at radius 2 is 1.70 bits per heavy atom. The number of methoxy groups -OCH3 is 1. The molecule has 0 saturated carbocycles. The van der Waals surface area contributed by atoms with E-state index in [0.717, 1.165) is 11.1 Å². The van der Waals surface area contributed by atoms with E-state index in [1.807, 2.05) is 52.0 Å². The van der Waals surface area contributed by atoms with E-state index >= 15 is 0 Å². The van der Waals surface area contributed by atoms with E-state index in [1.54, 1.807) is 36.4 Å². The van der Waals surface area contributed by atoms with E-state index < -0.39 is 12.0 Å². The van der Waals surface area contributed by atoms with Crippen LogP contribution in [0.1, 0.15) is 49.1 Å². The Labute approximate surface area is 275 Å². The molecule has 0 radical (unpaired) electrons. The van der Waals surface area contributed by atoms with Gasteiger partial charge in [0.05, 0.1) is 48.1 Å². The Balaban J connectivity index is 1.57. The standard InChI is InChI=1S/C35H35ClN2O7S/c1-6-42-27-13-12-24(18-28(27)43-7-2)31-25(34(40)41-5)19-37-35-38(31)33(39)30(46-35)17-23-15-26(36)32(29(16-23)44-8-3)45-20-22-11-9-10-21(4)14-22/h9-19,31H,6-8,20H2,1-5H3/b30-17-/t31-/m1/s1. The fourth-order valence-electron chi connectivity index (χ4n) is 5.17. The maximum atomic E-state index is 14.0. The largest absolute Gasteiger partial charge is 0.490 e. The zero-order chi connectivity index (χ0) is 32.8. The first-order valence-corrected chi connectivity index (χ1v) is 16.1. The van der Waals surface area contributed by atoms with Crippen LogP contribution >= 0.6 is 22.9 Å². The minimum Gasteiger partial charge on any atom is -0.490 e. The highest BCUT2D eigenvalue weighted by atomic mass is 35.5. The second-order valence-corrected chi connectivity index (χ2v) is 11.7. The summed E-state index contributed by atoms with van der Waals surface area (Å²) in [5, 5.41) is 0.348. The van der Waals surface area contributed by atoms with E-state index in [9.17, 15) is 9.59 Å². The van der Waals surface area contributed by atoms with Gasteiger partial charge in [-0.2, -0.15) is 0 Å². The van der Waals surface area contributed by atoms with Gasteiger partial charge in [-0.15, -0.1) is 0 Å². The van der Waals surface area contributed by atoms with Crippen LogP contribution in [0.15, 0.2) is 76.2 Å². The van der Waals surface area contributed by atoms with E-state index in [2.05, 4.69) is 4.99 Å². The number of aryl methyl sites for hydroxylation is 1. The highest BCUT2D eigenvalue weighted by Crippen LogP contribution is 2.38. The monoisotopic (exact) mass is 662 g/mol. The van der Waals surface area contributed by atoms with Crippen molar-refractivity contribution in [3.05, 3.63) is 113 Å². The summed E-state index contributed by atoms with van der Waals surface area (Å²) >= 11 is 7.92. The topological polar surface area (TPSA) is 97.6 Å². The van der Waals surface area contributed by atoms with E-state index in [-0.39, 0.29) is 11.1 Å². The maximum Gasteiger partial charge on any atom is 0.337 e. The Morgan fingerprint density at radius 3 is 2.41 bits per heavy atom. The molecule has 1 atom stereocenters. The van der Waals surface area contributed by atoms with Gasteiger partial charge in [-0.1, -0.05) is 58.8 Å². The quantitative estimate of drug-likeness (QED) is 0.178. The molecule has 11 heteroatoms. The van der Waals surface area contributed by atoms with Crippen molar-refractivity contribution >= 4 is 35.0 Å². The summed E-state index contributed by atoms with van der Waals surface area (Å²) in [7, 11) is 1.29. The van der Waals surface area contributed by atoms with Crippen LogP contribution in [0.4, 0.5) is 0 Å². The number of rotatable bonds is 12. The van der Waals surface area contributed by atoms with Gasteiger partial charge in [0, 0.05) is 6.20 Å². The summed E-state index contributed by atoms with van der Waals surface area (Å²) in [5.74, 6) is 1.37. The van der Waals surface area contributed by atoms with Gasteiger partial charge in [0.15, 0.2) is 27.8 Å². The molecule has 0 amide bonds. The van der Waals surface area contributed by atoms with E-state index in [1.165, 1.54) is 29.2 Å². The van der Waals surface area contributed by atoms with Gasteiger partial charge >= 0.3 is 5.97 Å². The molecule has 0 saturated heterocycles.